The first-order chi connectivity index (χ1) is 18.7. The number of carbonyl (C=O) groups excluding carboxylic acids is 1. The average Bonchev–Trinajstić information content (AvgIpc) is 3.29. The van der Waals surface area contributed by atoms with Gasteiger partial charge in [-0.1, -0.05) is 6.92 Å². The van der Waals surface area contributed by atoms with Crippen molar-refractivity contribution in [1.29, 1.82) is 0 Å². The van der Waals surface area contributed by atoms with Crippen molar-refractivity contribution < 1.29 is 13.6 Å². The second-order valence-corrected chi connectivity index (χ2v) is 12.5. The number of amides is 1. The van der Waals surface area contributed by atoms with Crippen LogP contribution in [0, 0.1) is 17.3 Å². The molecule has 4 aliphatic heterocycles. The number of nitrogens with zero attached hydrogens (tertiary/aromatic N) is 4. The van der Waals surface area contributed by atoms with E-state index in [-0.39, 0.29) is 23.9 Å². The molecule has 218 valence electrons. The molecule has 4 heterocycles. The van der Waals surface area contributed by atoms with Crippen molar-refractivity contribution in [1.82, 2.24) is 25.4 Å². The van der Waals surface area contributed by atoms with Gasteiger partial charge in [-0.2, -0.15) is 5.10 Å². The first-order valence-corrected chi connectivity index (χ1v) is 14.9. The quantitative estimate of drug-likeness (QED) is 0.490. The van der Waals surface area contributed by atoms with E-state index >= 15 is 0 Å². The number of carbonyl (C=O) groups is 1. The molecule has 8 nitrogen and oxygen atoms in total. The summed E-state index contributed by atoms with van der Waals surface area (Å²) < 4.78 is 29.7. The monoisotopic (exact) mass is 547 g/mol. The molecule has 10 heteroatoms. The lowest BCUT2D eigenvalue weighted by molar-refractivity contribution is -0.131. The number of hydrazone groups is 1. The van der Waals surface area contributed by atoms with Crippen molar-refractivity contribution >= 4 is 11.7 Å². The lowest BCUT2D eigenvalue weighted by Gasteiger charge is -2.49. The predicted octanol–water partition coefficient (Wildman–Crippen LogP) is 3.09. The van der Waals surface area contributed by atoms with Crippen LogP contribution < -0.4 is 16.4 Å². The summed E-state index contributed by atoms with van der Waals surface area (Å²) >= 11 is 0. The van der Waals surface area contributed by atoms with Gasteiger partial charge in [-0.25, -0.2) is 8.78 Å². The van der Waals surface area contributed by atoms with Crippen LogP contribution in [0.1, 0.15) is 65.7 Å². The van der Waals surface area contributed by atoms with E-state index in [0.29, 0.717) is 25.4 Å². The third-order valence-corrected chi connectivity index (χ3v) is 10.0. The molecule has 5 aliphatic rings. The first-order valence-electron chi connectivity index (χ1n) is 14.9. The minimum atomic E-state index is -2.46. The number of alkyl halides is 2. The lowest BCUT2D eigenvalue weighted by Crippen LogP contribution is -2.54. The molecule has 5 atom stereocenters. The number of hydrogen-bond acceptors (Lipinski definition) is 7. The number of nitrogens with one attached hydrogen (secondary N) is 2. The normalized spacial score (nSPS) is 33.2. The standard InChI is InChI=1S/C29H47F2N7O/c1-18(32)24(16-33-4)29(3)15-20-6-5-12-37(26(20)14-23(29)27(30)31)28-22-17-36(19(2)39)13-9-25(22)38(35-28)21-7-10-34-11-8-21/h16,18,21-23,25,27,33-34H,5-15,17,32H2,1-4H3. The molecule has 0 aromatic rings. The minimum Gasteiger partial charge on any atom is -0.394 e. The molecule has 2 fully saturated rings. The van der Waals surface area contributed by atoms with Gasteiger partial charge in [0.2, 0.25) is 12.3 Å². The van der Waals surface area contributed by atoms with Crippen LogP contribution in [0.5, 0.6) is 0 Å². The average molecular weight is 548 g/mol. The maximum atomic E-state index is 14.8. The minimum absolute atomic E-state index is 0.0950. The van der Waals surface area contributed by atoms with E-state index in [1.165, 1.54) is 5.57 Å². The Hall–Kier alpha value is -2.20. The van der Waals surface area contributed by atoms with Gasteiger partial charge in [-0.15, -0.1) is 0 Å². The van der Waals surface area contributed by atoms with Crippen LogP contribution in [-0.4, -0.2) is 90.9 Å². The molecule has 1 amide bonds. The van der Waals surface area contributed by atoms with Gasteiger partial charge in [-0.05, 0) is 82.3 Å². The molecule has 5 rings (SSSR count). The lowest BCUT2D eigenvalue weighted by atomic mass is 9.60. The second-order valence-electron chi connectivity index (χ2n) is 12.5. The smallest absolute Gasteiger partial charge is 0.242 e. The largest absolute Gasteiger partial charge is 0.394 e. The molecular weight excluding hydrogens is 500 g/mol. The van der Waals surface area contributed by atoms with E-state index in [1.54, 1.807) is 14.0 Å². The highest BCUT2D eigenvalue weighted by molar-refractivity contribution is 5.89. The van der Waals surface area contributed by atoms with Crippen LogP contribution in [0.4, 0.5) is 8.78 Å². The van der Waals surface area contributed by atoms with E-state index in [2.05, 4.69) is 20.5 Å². The highest BCUT2D eigenvalue weighted by atomic mass is 19.3. The Morgan fingerprint density at radius 2 is 2.00 bits per heavy atom. The third-order valence-electron chi connectivity index (χ3n) is 10.0. The number of amidine groups is 1. The van der Waals surface area contributed by atoms with Gasteiger partial charge in [0.1, 0.15) is 5.84 Å². The molecule has 1 aliphatic carbocycles. The summed E-state index contributed by atoms with van der Waals surface area (Å²) in [7, 11) is 1.80. The zero-order valence-corrected chi connectivity index (χ0v) is 24.1. The van der Waals surface area contributed by atoms with Gasteiger partial charge in [0.25, 0.3) is 0 Å². The van der Waals surface area contributed by atoms with Gasteiger partial charge < -0.3 is 26.2 Å². The molecule has 0 saturated carbocycles. The van der Waals surface area contributed by atoms with Crippen molar-refractivity contribution in [2.24, 2.45) is 28.1 Å². The van der Waals surface area contributed by atoms with Crippen molar-refractivity contribution in [3.8, 4) is 0 Å². The fraction of sp³-hybridized carbons (Fsp3) is 0.793. The fourth-order valence-corrected chi connectivity index (χ4v) is 8.02. The van der Waals surface area contributed by atoms with E-state index < -0.39 is 17.8 Å². The van der Waals surface area contributed by atoms with Gasteiger partial charge in [0, 0.05) is 62.7 Å². The number of fused-ring (bicyclic) bond motifs is 1. The SMILES string of the molecule is CNC=C(C(C)N)C1(C)CC2=C(CC1C(F)F)N(C1=NN(C3CCNCC3)C3CCN(C(C)=O)CC13)CCC2. The summed E-state index contributed by atoms with van der Waals surface area (Å²) in [5.41, 5.74) is 8.80. The highest BCUT2D eigenvalue weighted by Crippen LogP contribution is 2.54. The van der Waals surface area contributed by atoms with E-state index in [4.69, 9.17) is 10.8 Å². The van der Waals surface area contributed by atoms with Crippen LogP contribution in [0.3, 0.4) is 0 Å². The first kappa shape index (κ1) is 28.3. The number of piperidine rings is 2. The van der Waals surface area contributed by atoms with Gasteiger partial charge in [0.05, 0.1) is 12.0 Å². The molecule has 5 unspecified atom stereocenters. The predicted molar refractivity (Wildman–Crippen MR) is 150 cm³/mol. The zero-order valence-electron chi connectivity index (χ0n) is 24.1. The van der Waals surface area contributed by atoms with Crippen LogP contribution in [0.25, 0.3) is 0 Å². The number of rotatable bonds is 5. The van der Waals surface area contributed by atoms with E-state index in [9.17, 15) is 13.6 Å². The summed E-state index contributed by atoms with van der Waals surface area (Å²) in [6.45, 7) is 9.67. The second kappa shape index (κ2) is 11.4. The maximum Gasteiger partial charge on any atom is 0.242 e. The van der Waals surface area contributed by atoms with Crippen LogP contribution in [-0.2, 0) is 4.79 Å². The molecule has 0 aromatic carbocycles. The summed E-state index contributed by atoms with van der Waals surface area (Å²) in [4.78, 5) is 16.6. The number of likely N-dealkylation sites (tertiary alicyclic amines) is 1. The summed E-state index contributed by atoms with van der Waals surface area (Å²) in [6.07, 6.45) is 5.17. The van der Waals surface area contributed by atoms with Crippen molar-refractivity contribution in [3.05, 3.63) is 23.0 Å². The van der Waals surface area contributed by atoms with E-state index in [1.807, 2.05) is 24.9 Å². The molecular formula is C29H47F2N7O. The molecule has 0 aromatic heterocycles. The molecule has 0 spiro atoms. The Morgan fingerprint density at radius 1 is 1.26 bits per heavy atom. The Bertz CT molecular complexity index is 1020. The van der Waals surface area contributed by atoms with Crippen LogP contribution >= 0.6 is 0 Å². The number of hydrogen-bond donors (Lipinski definition) is 3. The Kier molecular flexibility index (Phi) is 8.25. The van der Waals surface area contributed by atoms with Crippen LogP contribution in [0.2, 0.25) is 0 Å². The summed E-state index contributed by atoms with van der Waals surface area (Å²) in [5, 5.41) is 14.2. The highest BCUT2D eigenvalue weighted by Gasteiger charge is 2.51. The topological polar surface area (TPSA) is 89.2 Å². The Balaban J connectivity index is 1.52. The van der Waals surface area contributed by atoms with Gasteiger partial charge in [0.15, 0.2) is 0 Å². The molecule has 39 heavy (non-hydrogen) atoms. The molecule has 0 bridgehead atoms. The van der Waals surface area contributed by atoms with Crippen molar-refractivity contribution in [2.45, 2.75) is 90.3 Å². The van der Waals surface area contributed by atoms with E-state index in [0.717, 1.165) is 75.4 Å². The van der Waals surface area contributed by atoms with Gasteiger partial charge in [-0.3, -0.25) is 9.80 Å². The third kappa shape index (κ3) is 5.19. The molecule has 2 saturated heterocycles. The number of nitrogens with two attached hydrogens (primary N) is 1. The number of allylic oxidation sites excluding steroid dienone is 2. The fourth-order valence-electron chi connectivity index (χ4n) is 8.02. The van der Waals surface area contributed by atoms with Crippen molar-refractivity contribution in [3.63, 3.8) is 0 Å². The number of halogens is 2. The molecule has 4 N–H and O–H groups in total. The molecule has 0 radical (unpaired) electrons. The zero-order chi connectivity index (χ0) is 27.9. The van der Waals surface area contributed by atoms with Crippen molar-refractivity contribution in [2.75, 3.05) is 39.8 Å². The maximum absolute atomic E-state index is 14.8. The van der Waals surface area contributed by atoms with Crippen LogP contribution in [0.15, 0.2) is 28.1 Å². The Labute approximate surface area is 232 Å². The summed E-state index contributed by atoms with van der Waals surface area (Å²) in [5.74, 6) is 0.358. The Morgan fingerprint density at radius 3 is 2.64 bits per heavy atom. The van der Waals surface area contributed by atoms with Gasteiger partial charge >= 0.3 is 0 Å². The summed E-state index contributed by atoms with van der Waals surface area (Å²) in [6, 6.07) is 0.318.